The Labute approximate surface area is 153 Å². The molecule has 0 fully saturated rings. The molecule has 26 heavy (non-hydrogen) atoms. The van der Waals surface area contributed by atoms with Gasteiger partial charge in [-0.15, -0.1) is 5.10 Å². The first-order chi connectivity index (χ1) is 12.7. The maximum atomic E-state index is 5.71. The SMILES string of the molecule is CCc1cc(CC(OC)c2nnnn2Cc2ccccc2)ccc1OC. The Balaban J connectivity index is 1.81. The number of hydrogen-bond donors (Lipinski definition) is 0. The Hall–Kier alpha value is -2.73. The van der Waals surface area contributed by atoms with E-state index >= 15 is 0 Å². The first kappa shape index (κ1) is 18.1. The van der Waals surface area contributed by atoms with Crippen molar-refractivity contribution in [3.8, 4) is 5.75 Å². The molecule has 1 unspecified atom stereocenters. The molecule has 0 amide bonds. The molecule has 6 nitrogen and oxygen atoms in total. The molecular formula is C20H24N4O2. The third-order valence-electron chi connectivity index (χ3n) is 4.45. The van der Waals surface area contributed by atoms with E-state index in [2.05, 4.69) is 46.7 Å². The highest BCUT2D eigenvalue weighted by Gasteiger charge is 2.20. The summed E-state index contributed by atoms with van der Waals surface area (Å²) in [5, 5.41) is 12.2. The second-order valence-corrected chi connectivity index (χ2v) is 6.11. The summed E-state index contributed by atoms with van der Waals surface area (Å²) >= 11 is 0. The van der Waals surface area contributed by atoms with Gasteiger partial charge in [0, 0.05) is 13.5 Å². The zero-order valence-corrected chi connectivity index (χ0v) is 15.4. The summed E-state index contributed by atoms with van der Waals surface area (Å²) in [6.45, 7) is 2.74. The van der Waals surface area contributed by atoms with Crippen molar-refractivity contribution in [2.45, 2.75) is 32.4 Å². The summed E-state index contributed by atoms with van der Waals surface area (Å²) in [4.78, 5) is 0. The van der Waals surface area contributed by atoms with Crippen molar-refractivity contribution in [2.75, 3.05) is 14.2 Å². The standard InChI is InChI=1S/C20H24N4O2/c1-4-17-12-16(10-11-18(17)25-2)13-19(26-3)20-21-22-23-24(20)14-15-8-6-5-7-9-15/h5-12,19H,4,13-14H2,1-3H3. The highest BCUT2D eigenvalue weighted by molar-refractivity contribution is 5.37. The number of benzene rings is 2. The fraction of sp³-hybridized carbons (Fsp3) is 0.350. The van der Waals surface area contributed by atoms with Crippen molar-refractivity contribution < 1.29 is 9.47 Å². The number of ether oxygens (including phenoxy) is 2. The lowest BCUT2D eigenvalue weighted by molar-refractivity contribution is 0.0921. The third-order valence-corrected chi connectivity index (χ3v) is 4.45. The van der Waals surface area contributed by atoms with Crippen molar-refractivity contribution in [1.82, 2.24) is 20.2 Å². The topological polar surface area (TPSA) is 62.1 Å². The van der Waals surface area contributed by atoms with Crippen molar-refractivity contribution in [3.63, 3.8) is 0 Å². The predicted octanol–water partition coefficient (Wildman–Crippen LogP) is 3.22. The minimum absolute atomic E-state index is 0.216. The highest BCUT2D eigenvalue weighted by atomic mass is 16.5. The zero-order valence-electron chi connectivity index (χ0n) is 15.4. The second-order valence-electron chi connectivity index (χ2n) is 6.11. The Morgan fingerprint density at radius 3 is 2.54 bits per heavy atom. The molecule has 2 aromatic carbocycles. The molecule has 136 valence electrons. The summed E-state index contributed by atoms with van der Waals surface area (Å²) in [5.74, 6) is 1.64. The molecule has 0 radical (unpaired) electrons. The number of aromatic nitrogens is 4. The van der Waals surface area contributed by atoms with Gasteiger partial charge in [-0.2, -0.15) is 0 Å². The number of nitrogens with zero attached hydrogens (tertiary/aromatic N) is 4. The molecule has 0 spiro atoms. The average molecular weight is 352 g/mol. The van der Waals surface area contributed by atoms with Gasteiger partial charge in [0.25, 0.3) is 0 Å². The summed E-state index contributed by atoms with van der Waals surface area (Å²) in [6, 6.07) is 16.4. The van der Waals surface area contributed by atoms with E-state index in [1.807, 2.05) is 24.3 Å². The number of tetrazole rings is 1. The average Bonchev–Trinajstić information content (AvgIpc) is 3.14. The molecule has 1 aromatic heterocycles. The maximum absolute atomic E-state index is 5.71. The fourth-order valence-electron chi connectivity index (χ4n) is 3.04. The van der Waals surface area contributed by atoms with Gasteiger partial charge in [-0.1, -0.05) is 49.4 Å². The quantitative estimate of drug-likeness (QED) is 0.623. The highest BCUT2D eigenvalue weighted by Crippen LogP contribution is 2.25. The molecule has 0 aliphatic carbocycles. The zero-order chi connectivity index (χ0) is 18.4. The first-order valence-corrected chi connectivity index (χ1v) is 8.73. The number of aryl methyl sites for hydroxylation is 1. The van der Waals surface area contributed by atoms with E-state index in [0.29, 0.717) is 13.0 Å². The lowest BCUT2D eigenvalue weighted by Crippen LogP contribution is -2.15. The smallest absolute Gasteiger partial charge is 0.180 e. The van der Waals surface area contributed by atoms with Crippen LogP contribution in [-0.2, 0) is 24.1 Å². The molecule has 6 heteroatoms. The monoisotopic (exact) mass is 352 g/mol. The largest absolute Gasteiger partial charge is 0.496 e. The summed E-state index contributed by atoms with van der Waals surface area (Å²) in [6.07, 6.45) is 1.40. The van der Waals surface area contributed by atoms with Crippen LogP contribution >= 0.6 is 0 Å². The summed E-state index contributed by atoms with van der Waals surface area (Å²) in [5.41, 5.74) is 3.50. The molecule has 0 aliphatic rings. The van der Waals surface area contributed by atoms with Crippen LogP contribution in [-0.4, -0.2) is 34.4 Å². The minimum atomic E-state index is -0.216. The van der Waals surface area contributed by atoms with Crippen LogP contribution in [0.5, 0.6) is 5.75 Å². The molecule has 1 atom stereocenters. The predicted molar refractivity (Wildman–Crippen MR) is 99.2 cm³/mol. The molecule has 0 aliphatic heterocycles. The van der Waals surface area contributed by atoms with Crippen LogP contribution < -0.4 is 4.74 Å². The fourth-order valence-corrected chi connectivity index (χ4v) is 3.04. The Morgan fingerprint density at radius 2 is 1.85 bits per heavy atom. The van der Waals surface area contributed by atoms with E-state index in [0.717, 1.165) is 23.6 Å². The van der Waals surface area contributed by atoms with Crippen molar-refractivity contribution in [2.24, 2.45) is 0 Å². The lowest BCUT2D eigenvalue weighted by atomic mass is 10.0. The van der Waals surface area contributed by atoms with Gasteiger partial charge in [0.05, 0.1) is 13.7 Å². The molecule has 0 N–H and O–H groups in total. The molecule has 0 bridgehead atoms. The van der Waals surface area contributed by atoms with E-state index in [1.165, 1.54) is 11.1 Å². The van der Waals surface area contributed by atoms with Gasteiger partial charge in [0.15, 0.2) is 5.82 Å². The van der Waals surface area contributed by atoms with Crippen LogP contribution in [0.2, 0.25) is 0 Å². The maximum Gasteiger partial charge on any atom is 0.180 e. The number of methoxy groups -OCH3 is 2. The van der Waals surface area contributed by atoms with E-state index in [9.17, 15) is 0 Å². The van der Waals surface area contributed by atoms with E-state index in [1.54, 1.807) is 18.9 Å². The molecule has 3 aromatic rings. The molecular weight excluding hydrogens is 328 g/mol. The number of rotatable bonds is 8. The molecule has 0 saturated heterocycles. The normalized spacial score (nSPS) is 12.1. The van der Waals surface area contributed by atoms with Crippen LogP contribution in [0.1, 0.15) is 35.5 Å². The number of hydrogen-bond acceptors (Lipinski definition) is 5. The Morgan fingerprint density at radius 1 is 1.04 bits per heavy atom. The molecule has 0 saturated carbocycles. The van der Waals surface area contributed by atoms with E-state index in [4.69, 9.17) is 9.47 Å². The van der Waals surface area contributed by atoms with Gasteiger partial charge < -0.3 is 9.47 Å². The van der Waals surface area contributed by atoms with Crippen LogP contribution in [0.3, 0.4) is 0 Å². The van der Waals surface area contributed by atoms with Gasteiger partial charge in [0.2, 0.25) is 0 Å². The summed E-state index contributed by atoms with van der Waals surface area (Å²) in [7, 11) is 3.39. The molecule has 1 heterocycles. The van der Waals surface area contributed by atoms with Gasteiger partial charge in [0.1, 0.15) is 11.9 Å². The van der Waals surface area contributed by atoms with Gasteiger partial charge in [-0.25, -0.2) is 4.68 Å². The molecule has 3 rings (SSSR count). The Kier molecular flexibility index (Phi) is 5.96. The lowest BCUT2D eigenvalue weighted by Gasteiger charge is -2.16. The Bertz CT molecular complexity index is 833. The summed E-state index contributed by atoms with van der Waals surface area (Å²) < 4.78 is 12.9. The van der Waals surface area contributed by atoms with E-state index < -0.39 is 0 Å². The van der Waals surface area contributed by atoms with Crippen molar-refractivity contribution in [1.29, 1.82) is 0 Å². The first-order valence-electron chi connectivity index (χ1n) is 8.73. The van der Waals surface area contributed by atoms with Crippen LogP contribution in [0.4, 0.5) is 0 Å². The van der Waals surface area contributed by atoms with E-state index in [-0.39, 0.29) is 6.10 Å². The van der Waals surface area contributed by atoms with Crippen molar-refractivity contribution in [3.05, 3.63) is 71.0 Å². The van der Waals surface area contributed by atoms with Crippen LogP contribution in [0.15, 0.2) is 48.5 Å². The van der Waals surface area contributed by atoms with Gasteiger partial charge >= 0.3 is 0 Å². The second kappa shape index (κ2) is 8.58. The van der Waals surface area contributed by atoms with Gasteiger partial charge in [-0.05, 0) is 39.6 Å². The van der Waals surface area contributed by atoms with Crippen molar-refractivity contribution >= 4 is 0 Å². The minimum Gasteiger partial charge on any atom is -0.496 e. The van der Waals surface area contributed by atoms with Crippen LogP contribution in [0.25, 0.3) is 0 Å². The van der Waals surface area contributed by atoms with Gasteiger partial charge in [-0.3, -0.25) is 0 Å². The van der Waals surface area contributed by atoms with Crippen LogP contribution in [0, 0.1) is 0 Å². The third kappa shape index (κ3) is 4.08.